The molecular weight excluding hydrogens is 290 g/mol. The Morgan fingerprint density at radius 3 is 1.45 bits per heavy atom. The highest BCUT2D eigenvalue weighted by Gasteiger charge is 2.50. The zero-order valence-corrected chi connectivity index (χ0v) is 14.9. The van der Waals surface area contributed by atoms with Crippen LogP contribution < -0.4 is 0 Å². The van der Waals surface area contributed by atoms with Crippen molar-refractivity contribution in [1.82, 2.24) is 0 Å². The van der Waals surface area contributed by atoms with E-state index in [0.717, 1.165) is 12.8 Å². The number of hydrogen-bond acceptors (Lipinski definition) is 3. The van der Waals surface area contributed by atoms with Crippen molar-refractivity contribution in [2.24, 2.45) is 11.8 Å². The van der Waals surface area contributed by atoms with Crippen LogP contribution in [-0.4, -0.2) is 41.0 Å². The summed E-state index contributed by atoms with van der Waals surface area (Å²) < 4.78 is 37.7. The lowest BCUT2D eigenvalue weighted by atomic mass is 9.87. The highest BCUT2D eigenvalue weighted by Crippen LogP contribution is 2.40. The summed E-state index contributed by atoms with van der Waals surface area (Å²) in [6.45, 7) is 12.5. The fraction of sp³-hybridized carbons (Fsp3) is 1.00. The van der Waals surface area contributed by atoms with E-state index in [-0.39, 0.29) is 30.1 Å². The molecule has 2 aliphatic heterocycles. The predicted octanol–water partition coefficient (Wildman–Crippen LogP) is 4.03. The molecule has 2 aliphatic rings. The van der Waals surface area contributed by atoms with Crippen molar-refractivity contribution in [2.45, 2.75) is 97.2 Å². The number of alkyl halides is 2. The maximum atomic E-state index is 13.7. The molecule has 0 amide bonds. The first kappa shape index (κ1) is 19.8. The zero-order valence-electron chi connectivity index (χ0n) is 14.9. The molecule has 5 heteroatoms. The van der Waals surface area contributed by atoms with E-state index in [1.807, 2.05) is 27.7 Å². The number of halogens is 2. The molecule has 2 unspecified atom stereocenters. The molecule has 0 radical (unpaired) electrons. The Bertz CT molecular complexity index is 326. The van der Waals surface area contributed by atoms with Crippen LogP contribution in [0.4, 0.5) is 8.78 Å². The molecule has 0 aromatic heterocycles. The maximum Gasteiger partial charge on any atom is 0.189 e. The summed E-state index contributed by atoms with van der Waals surface area (Å²) in [6, 6.07) is 0. The van der Waals surface area contributed by atoms with Crippen molar-refractivity contribution in [2.75, 3.05) is 0 Å². The van der Waals surface area contributed by atoms with Crippen LogP contribution in [0.2, 0.25) is 0 Å². The number of ether oxygens (including phenoxy) is 2. The SMILES string of the molecule is CC[C@H]1O[C@@H](C)C(C)(F)[C@H]1C.CC[C@H]1O[C@@H](O)C(C)(F)[C@H]1C. The van der Waals surface area contributed by atoms with Gasteiger partial charge in [0.15, 0.2) is 12.0 Å². The molecule has 3 nitrogen and oxygen atoms in total. The molecule has 0 bridgehead atoms. The number of aliphatic hydroxyl groups is 1. The molecular formula is C17H32F2O3. The standard InChI is InChI=1S/C9H17FO.C8H15FO2/c1-5-8-6(2)9(4,10)7(3)11-8;1-4-6-5(2)8(3,9)7(10)11-6/h6-8H,5H2,1-4H3;5-7,10H,4H2,1-3H3/t6-,7-,8+,9?;5-,6+,7+,8?/m00/s1. The van der Waals surface area contributed by atoms with Gasteiger partial charge in [0.05, 0.1) is 18.3 Å². The first-order valence-corrected chi connectivity index (χ1v) is 8.36. The molecule has 2 fully saturated rings. The molecule has 0 aliphatic carbocycles. The minimum Gasteiger partial charge on any atom is -0.372 e. The van der Waals surface area contributed by atoms with Gasteiger partial charge in [-0.1, -0.05) is 27.7 Å². The summed E-state index contributed by atoms with van der Waals surface area (Å²) in [4.78, 5) is 0. The molecule has 1 N–H and O–H groups in total. The van der Waals surface area contributed by atoms with E-state index in [1.165, 1.54) is 6.92 Å². The summed E-state index contributed by atoms with van der Waals surface area (Å²) in [5.41, 5.74) is -2.72. The van der Waals surface area contributed by atoms with Gasteiger partial charge in [-0.25, -0.2) is 8.78 Å². The van der Waals surface area contributed by atoms with E-state index >= 15 is 0 Å². The monoisotopic (exact) mass is 322 g/mol. The molecule has 2 saturated heterocycles. The van der Waals surface area contributed by atoms with Crippen molar-refractivity contribution in [3.05, 3.63) is 0 Å². The summed E-state index contributed by atoms with van der Waals surface area (Å²) in [6.07, 6.45) is 0.132. The lowest BCUT2D eigenvalue weighted by molar-refractivity contribution is -0.138. The summed E-state index contributed by atoms with van der Waals surface area (Å²) in [7, 11) is 0. The molecule has 22 heavy (non-hydrogen) atoms. The van der Waals surface area contributed by atoms with Gasteiger partial charge in [-0.15, -0.1) is 0 Å². The Labute approximate surface area is 133 Å². The summed E-state index contributed by atoms with van der Waals surface area (Å²) in [5.74, 6) is -0.190. The van der Waals surface area contributed by atoms with Crippen LogP contribution in [0.15, 0.2) is 0 Å². The van der Waals surface area contributed by atoms with Crippen LogP contribution in [0.5, 0.6) is 0 Å². The molecule has 2 heterocycles. The van der Waals surface area contributed by atoms with Crippen LogP contribution in [0, 0.1) is 11.8 Å². The number of rotatable bonds is 2. The van der Waals surface area contributed by atoms with Crippen LogP contribution in [0.1, 0.15) is 61.3 Å². The van der Waals surface area contributed by atoms with Gasteiger partial charge in [0, 0.05) is 11.8 Å². The lowest BCUT2D eigenvalue weighted by Crippen LogP contribution is -2.35. The fourth-order valence-corrected chi connectivity index (χ4v) is 3.15. The minimum absolute atomic E-state index is 0.0301. The largest absolute Gasteiger partial charge is 0.372 e. The Morgan fingerprint density at radius 2 is 1.27 bits per heavy atom. The quantitative estimate of drug-likeness (QED) is 0.834. The van der Waals surface area contributed by atoms with Gasteiger partial charge in [0.25, 0.3) is 0 Å². The second-order valence-electron chi connectivity index (χ2n) is 7.04. The van der Waals surface area contributed by atoms with Crippen LogP contribution in [0.25, 0.3) is 0 Å². The normalized spacial score (nSPS) is 51.5. The van der Waals surface area contributed by atoms with Gasteiger partial charge in [0.2, 0.25) is 0 Å². The summed E-state index contributed by atoms with van der Waals surface area (Å²) >= 11 is 0. The van der Waals surface area contributed by atoms with Gasteiger partial charge in [-0.3, -0.25) is 0 Å². The van der Waals surface area contributed by atoms with Crippen LogP contribution >= 0.6 is 0 Å². The van der Waals surface area contributed by atoms with Crippen molar-refractivity contribution < 1.29 is 23.4 Å². The predicted molar refractivity (Wildman–Crippen MR) is 83.2 cm³/mol. The second kappa shape index (κ2) is 7.10. The summed E-state index contributed by atoms with van der Waals surface area (Å²) in [5, 5.41) is 9.13. The van der Waals surface area contributed by atoms with Gasteiger partial charge in [-0.05, 0) is 33.6 Å². The van der Waals surface area contributed by atoms with Crippen molar-refractivity contribution in [3.8, 4) is 0 Å². The Morgan fingerprint density at radius 1 is 0.864 bits per heavy atom. The van der Waals surface area contributed by atoms with Crippen molar-refractivity contribution >= 4 is 0 Å². The Kier molecular flexibility index (Phi) is 6.38. The molecule has 0 aromatic rings. The minimum atomic E-state index is -1.58. The first-order valence-electron chi connectivity index (χ1n) is 8.36. The zero-order chi connectivity index (χ0) is 17.3. The third-order valence-corrected chi connectivity index (χ3v) is 5.66. The molecule has 8 atom stereocenters. The highest BCUT2D eigenvalue weighted by molar-refractivity contribution is 4.96. The smallest absolute Gasteiger partial charge is 0.189 e. The second-order valence-corrected chi connectivity index (χ2v) is 7.04. The molecule has 0 spiro atoms. The van der Waals surface area contributed by atoms with Gasteiger partial charge < -0.3 is 14.6 Å². The number of hydrogen-bond donors (Lipinski definition) is 1. The highest BCUT2D eigenvalue weighted by atomic mass is 19.1. The molecule has 0 aromatic carbocycles. The lowest BCUT2D eigenvalue weighted by Gasteiger charge is -2.21. The molecule has 0 saturated carbocycles. The van der Waals surface area contributed by atoms with Crippen molar-refractivity contribution in [1.29, 1.82) is 0 Å². The first-order chi connectivity index (χ1) is 9.99. The fourth-order valence-electron chi connectivity index (χ4n) is 3.15. The molecule has 132 valence electrons. The Balaban J connectivity index is 0.000000220. The third kappa shape index (κ3) is 3.62. The van der Waals surface area contributed by atoms with E-state index in [9.17, 15) is 8.78 Å². The molecule has 2 rings (SSSR count). The van der Waals surface area contributed by atoms with Crippen LogP contribution in [0.3, 0.4) is 0 Å². The average molecular weight is 322 g/mol. The van der Waals surface area contributed by atoms with Gasteiger partial charge in [-0.2, -0.15) is 0 Å². The van der Waals surface area contributed by atoms with E-state index < -0.39 is 17.6 Å². The van der Waals surface area contributed by atoms with E-state index in [2.05, 4.69) is 0 Å². The average Bonchev–Trinajstić information content (AvgIpc) is 2.78. The number of aliphatic hydroxyl groups excluding tert-OH is 1. The maximum absolute atomic E-state index is 13.7. The van der Waals surface area contributed by atoms with E-state index in [0.29, 0.717) is 0 Å². The van der Waals surface area contributed by atoms with Gasteiger partial charge >= 0.3 is 0 Å². The van der Waals surface area contributed by atoms with Crippen molar-refractivity contribution in [3.63, 3.8) is 0 Å². The Hall–Kier alpha value is -0.260. The van der Waals surface area contributed by atoms with Crippen LogP contribution in [-0.2, 0) is 9.47 Å². The van der Waals surface area contributed by atoms with Gasteiger partial charge in [0.1, 0.15) is 5.67 Å². The topological polar surface area (TPSA) is 38.7 Å². The third-order valence-electron chi connectivity index (χ3n) is 5.66. The van der Waals surface area contributed by atoms with E-state index in [1.54, 1.807) is 13.8 Å². The van der Waals surface area contributed by atoms with E-state index in [4.69, 9.17) is 14.6 Å².